The zero-order valence-corrected chi connectivity index (χ0v) is 16.6. The van der Waals surface area contributed by atoms with Crippen molar-refractivity contribution in [2.45, 2.75) is 18.7 Å². The third-order valence-corrected chi connectivity index (χ3v) is 5.73. The van der Waals surface area contributed by atoms with Crippen LogP contribution in [0.25, 0.3) is 11.8 Å². The molecule has 0 aliphatic carbocycles. The van der Waals surface area contributed by atoms with Crippen LogP contribution in [0.1, 0.15) is 19.5 Å². The molecule has 2 heterocycles. The number of likely N-dealkylation sites (N-methyl/N-ethyl adjacent to an activating group) is 2. The van der Waals surface area contributed by atoms with E-state index in [1.165, 1.54) is 12.1 Å². The molecule has 0 atom stereocenters. The minimum atomic E-state index is -3.74. The number of thiocarbonyl (C=S) groups is 1. The highest BCUT2D eigenvalue weighted by Gasteiger charge is 2.36. The monoisotopic (exact) mass is 404 g/mol. The summed E-state index contributed by atoms with van der Waals surface area (Å²) in [6.07, 6.45) is 3.63. The number of benzene rings is 1. The lowest BCUT2D eigenvalue weighted by Gasteiger charge is -2.17. The number of aromatic nitrogens is 1. The molecule has 1 fully saturated rings. The number of rotatable bonds is 5. The van der Waals surface area contributed by atoms with Gasteiger partial charge in [0.15, 0.2) is 5.11 Å². The molecule has 0 saturated carbocycles. The van der Waals surface area contributed by atoms with Crippen molar-refractivity contribution in [1.29, 1.82) is 0 Å². The van der Waals surface area contributed by atoms with Gasteiger partial charge in [-0.25, -0.2) is 13.6 Å². The van der Waals surface area contributed by atoms with Gasteiger partial charge in [-0.1, -0.05) is 0 Å². The number of nitrogens with two attached hydrogens (primary N) is 1. The first kappa shape index (κ1) is 19.3. The van der Waals surface area contributed by atoms with E-state index in [0.717, 1.165) is 11.4 Å². The molecule has 1 aliphatic rings. The lowest BCUT2D eigenvalue weighted by Crippen LogP contribution is -2.32. The third-order valence-electron chi connectivity index (χ3n) is 4.36. The summed E-state index contributed by atoms with van der Waals surface area (Å²) in [6.45, 7) is 4.94. The molecule has 9 heteroatoms. The Bertz CT molecular complexity index is 1020. The maximum absolute atomic E-state index is 12.7. The summed E-state index contributed by atoms with van der Waals surface area (Å²) in [6, 6.07) is 9.96. The number of primary sulfonamides is 1. The van der Waals surface area contributed by atoms with Gasteiger partial charge in [0.2, 0.25) is 10.0 Å². The predicted molar refractivity (Wildman–Crippen MR) is 107 cm³/mol. The minimum absolute atomic E-state index is 0.0466. The van der Waals surface area contributed by atoms with Gasteiger partial charge >= 0.3 is 0 Å². The van der Waals surface area contributed by atoms with E-state index < -0.39 is 10.0 Å². The number of hydrogen-bond donors (Lipinski definition) is 1. The van der Waals surface area contributed by atoms with Crippen LogP contribution in [-0.2, 0) is 14.8 Å². The second kappa shape index (κ2) is 7.26. The second-order valence-electron chi connectivity index (χ2n) is 5.95. The summed E-state index contributed by atoms with van der Waals surface area (Å²) in [4.78, 5) is 16.1. The molecule has 0 unspecified atom stereocenters. The molecule has 1 saturated heterocycles. The van der Waals surface area contributed by atoms with Crippen LogP contribution in [0.15, 0.2) is 53.2 Å². The van der Waals surface area contributed by atoms with Crippen LogP contribution in [0.5, 0.6) is 0 Å². The topological polar surface area (TPSA) is 88.6 Å². The average Bonchev–Trinajstić information content (AvgIpc) is 3.17. The molecule has 3 rings (SSSR count). The zero-order valence-electron chi connectivity index (χ0n) is 15.0. The summed E-state index contributed by atoms with van der Waals surface area (Å²) in [5.41, 5.74) is 2.05. The molecule has 1 aromatic heterocycles. The molecule has 7 nitrogen and oxygen atoms in total. The molecule has 1 amide bonds. The Morgan fingerprint density at radius 1 is 1.07 bits per heavy atom. The standard InChI is InChI=1S/C18H20N4O3S2/c1-3-20-16(17(23)21(4-2)18(20)26)12-14-6-5-11-22(14)13-7-9-15(10-8-13)27(19,24)25/h5-12H,3-4H2,1-2H3,(H2,19,24,25). The highest BCUT2D eigenvalue weighted by atomic mass is 32.2. The Morgan fingerprint density at radius 2 is 1.70 bits per heavy atom. The van der Waals surface area contributed by atoms with Gasteiger partial charge in [-0.05, 0) is 68.5 Å². The van der Waals surface area contributed by atoms with Crippen LogP contribution in [0, 0.1) is 0 Å². The van der Waals surface area contributed by atoms with Crippen LogP contribution in [0.3, 0.4) is 0 Å². The molecule has 1 aromatic carbocycles. The highest BCUT2D eigenvalue weighted by Crippen LogP contribution is 2.25. The largest absolute Gasteiger partial charge is 0.317 e. The van der Waals surface area contributed by atoms with Gasteiger partial charge in [-0.3, -0.25) is 9.69 Å². The highest BCUT2D eigenvalue weighted by molar-refractivity contribution is 7.89. The number of amides is 1. The van der Waals surface area contributed by atoms with Crippen molar-refractivity contribution >= 4 is 39.3 Å². The van der Waals surface area contributed by atoms with Crippen molar-refractivity contribution in [3.05, 3.63) is 54.0 Å². The van der Waals surface area contributed by atoms with Crippen LogP contribution in [0.4, 0.5) is 0 Å². The fraction of sp³-hybridized carbons (Fsp3) is 0.222. The van der Waals surface area contributed by atoms with Gasteiger partial charge in [0.1, 0.15) is 5.70 Å². The van der Waals surface area contributed by atoms with Crippen molar-refractivity contribution in [2.75, 3.05) is 13.1 Å². The van der Waals surface area contributed by atoms with Crippen molar-refractivity contribution in [1.82, 2.24) is 14.4 Å². The van der Waals surface area contributed by atoms with Gasteiger partial charge in [0.05, 0.1) is 4.90 Å². The third kappa shape index (κ3) is 3.53. The smallest absolute Gasteiger partial charge is 0.276 e. The predicted octanol–water partition coefficient (Wildman–Crippen LogP) is 1.93. The Kier molecular flexibility index (Phi) is 5.18. The molecule has 1 aliphatic heterocycles. The number of carbonyl (C=O) groups is 1. The van der Waals surface area contributed by atoms with Gasteiger partial charge in [0.25, 0.3) is 5.91 Å². The van der Waals surface area contributed by atoms with E-state index in [-0.39, 0.29) is 10.8 Å². The first-order valence-electron chi connectivity index (χ1n) is 8.43. The normalized spacial score (nSPS) is 16.6. The summed E-state index contributed by atoms with van der Waals surface area (Å²) < 4.78 is 24.7. The SMILES string of the molecule is CCN1C(=O)C(=Cc2cccn2-c2ccc(S(N)(=O)=O)cc2)N(CC)C1=S. The Labute approximate surface area is 163 Å². The zero-order chi connectivity index (χ0) is 19.8. The molecule has 2 N–H and O–H groups in total. The van der Waals surface area contributed by atoms with Gasteiger partial charge < -0.3 is 9.47 Å². The molecule has 0 bridgehead atoms. The van der Waals surface area contributed by atoms with Gasteiger partial charge in [0, 0.05) is 30.7 Å². The van der Waals surface area contributed by atoms with E-state index in [0.29, 0.717) is 23.9 Å². The molecular formula is C18H20N4O3S2. The maximum atomic E-state index is 12.7. The quantitative estimate of drug-likeness (QED) is 0.608. The van der Waals surface area contributed by atoms with Crippen LogP contribution < -0.4 is 5.14 Å². The van der Waals surface area contributed by atoms with E-state index >= 15 is 0 Å². The maximum Gasteiger partial charge on any atom is 0.276 e. The van der Waals surface area contributed by atoms with E-state index in [4.69, 9.17) is 17.4 Å². The molecule has 27 heavy (non-hydrogen) atoms. The second-order valence-corrected chi connectivity index (χ2v) is 7.87. The number of nitrogens with zero attached hydrogens (tertiary/aromatic N) is 3. The molecule has 0 spiro atoms. The fourth-order valence-corrected chi connectivity index (χ4v) is 3.95. The van der Waals surface area contributed by atoms with Crippen molar-refractivity contribution < 1.29 is 13.2 Å². The van der Waals surface area contributed by atoms with Gasteiger partial charge in [-0.15, -0.1) is 0 Å². The summed E-state index contributed by atoms with van der Waals surface area (Å²) in [5.74, 6) is -0.123. The van der Waals surface area contributed by atoms with Gasteiger partial charge in [-0.2, -0.15) is 0 Å². The van der Waals surface area contributed by atoms with Crippen LogP contribution in [-0.4, -0.2) is 46.9 Å². The summed E-state index contributed by atoms with van der Waals surface area (Å²) in [5, 5.41) is 5.65. The van der Waals surface area contributed by atoms with Crippen LogP contribution >= 0.6 is 12.2 Å². The Balaban J connectivity index is 2.01. The first-order valence-corrected chi connectivity index (χ1v) is 10.4. The van der Waals surface area contributed by atoms with E-state index in [1.54, 1.807) is 23.1 Å². The number of carbonyl (C=O) groups excluding carboxylic acids is 1. The van der Waals surface area contributed by atoms with E-state index in [1.807, 2.05) is 41.6 Å². The van der Waals surface area contributed by atoms with E-state index in [9.17, 15) is 13.2 Å². The van der Waals surface area contributed by atoms with Crippen molar-refractivity contribution in [3.63, 3.8) is 0 Å². The molecule has 0 radical (unpaired) electrons. The van der Waals surface area contributed by atoms with Crippen LogP contribution in [0.2, 0.25) is 0 Å². The summed E-state index contributed by atoms with van der Waals surface area (Å²) in [7, 11) is -3.74. The molecular weight excluding hydrogens is 384 g/mol. The van der Waals surface area contributed by atoms with Crippen molar-refractivity contribution in [3.8, 4) is 5.69 Å². The van der Waals surface area contributed by atoms with E-state index in [2.05, 4.69) is 0 Å². The Hall–Kier alpha value is -2.49. The first-order chi connectivity index (χ1) is 12.8. The Morgan fingerprint density at radius 3 is 2.26 bits per heavy atom. The average molecular weight is 405 g/mol. The fourth-order valence-electron chi connectivity index (χ4n) is 3.00. The molecule has 2 aromatic rings. The molecule has 142 valence electrons. The summed E-state index contributed by atoms with van der Waals surface area (Å²) >= 11 is 5.40. The van der Waals surface area contributed by atoms with Crippen molar-refractivity contribution in [2.24, 2.45) is 5.14 Å². The lowest BCUT2D eigenvalue weighted by molar-refractivity contribution is -0.122. The number of sulfonamides is 1. The lowest BCUT2D eigenvalue weighted by atomic mass is 10.2. The minimum Gasteiger partial charge on any atom is -0.317 e. The number of hydrogen-bond acceptors (Lipinski definition) is 4.